The summed E-state index contributed by atoms with van der Waals surface area (Å²) in [5, 5.41) is 0.563. The van der Waals surface area contributed by atoms with Gasteiger partial charge in [0.15, 0.2) is 0 Å². The van der Waals surface area contributed by atoms with Crippen molar-refractivity contribution in [3.8, 4) is 6.01 Å². The first-order valence-electron chi connectivity index (χ1n) is 10.3. The summed E-state index contributed by atoms with van der Waals surface area (Å²) in [7, 11) is 0. The second-order valence-corrected chi connectivity index (χ2v) is 7.46. The van der Waals surface area contributed by atoms with Crippen LogP contribution >= 0.6 is 0 Å². The summed E-state index contributed by atoms with van der Waals surface area (Å²) < 4.78 is 7.39. The van der Waals surface area contributed by atoms with Crippen molar-refractivity contribution in [1.82, 2.24) is 24.4 Å². The number of hydrogen-bond acceptors (Lipinski definition) is 6. The van der Waals surface area contributed by atoms with E-state index in [2.05, 4.69) is 15.0 Å². The standard InChI is InChI=1S/C22H25N5O3/c1-2-16-12-23-22(24-13-16)30-17-6-5-10-26(14-17)20(28)9-11-27-15-25-19-8-4-3-7-18(19)21(27)29/h3-4,7-8,12-13,15,17H,2,5-6,9-11,14H2,1H3. The van der Waals surface area contributed by atoms with E-state index in [-0.39, 0.29) is 24.0 Å². The number of para-hydroxylation sites is 1. The fraction of sp³-hybridized carbons (Fsp3) is 0.409. The predicted octanol–water partition coefficient (Wildman–Crippen LogP) is 2.21. The van der Waals surface area contributed by atoms with Crippen LogP contribution < -0.4 is 10.3 Å². The number of carbonyl (C=O) groups is 1. The first-order chi connectivity index (χ1) is 14.6. The van der Waals surface area contributed by atoms with Gasteiger partial charge in [-0.15, -0.1) is 0 Å². The average Bonchev–Trinajstić information content (AvgIpc) is 2.79. The van der Waals surface area contributed by atoms with E-state index in [0.29, 0.717) is 36.5 Å². The third-order valence-electron chi connectivity index (χ3n) is 5.39. The summed E-state index contributed by atoms with van der Waals surface area (Å²) >= 11 is 0. The molecule has 2 aromatic heterocycles. The van der Waals surface area contributed by atoms with E-state index in [1.165, 1.54) is 10.9 Å². The molecule has 3 heterocycles. The number of hydrogen-bond donors (Lipinski definition) is 0. The van der Waals surface area contributed by atoms with Crippen LogP contribution in [0, 0.1) is 0 Å². The van der Waals surface area contributed by atoms with Crippen molar-refractivity contribution in [2.24, 2.45) is 0 Å². The molecule has 0 spiro atoms. The van der Waals surface area contributed by atoms with Crippen LogP contribution in [-0.2, 0) is 17.8 Å². The van der Waals surface area contributed by atoms with Gasteiger partial charge in [0.1, 0.15) is 6.10 Å². The normalized spacial score (nSPS) is 16.6. The van der Waals surface area contributed by atoms with Gasteiger partial charge in [0.2, 0.25) is 5.91 Å². The van der Waals surface area contributed by atoms with E-state index in [0.717, 1.165) is 24.8 Å². The topological polar surface area (TPSA) is 90.2 Å². The van der Waals surface area contributed by atoms with Crippen LogP contribution in [0.15, 0.2) is 47.8 Å². The van der Waals surface area contributed by atoms with Gasteiger partial charge >= 0.3 is 6.01 Å². The Morgan fingerprint density at radius 3 is 2.80 bits per heavy atom. The minimum absolute atomic E-state index is 0.00519. The molecule has 1 unspecified atom stereocenters. The third-order valence-corrected chi connectivity index (χ3v) is 5.39. The number of fused-ring (bicyclic) bond motifs is 1. The van der Waals surface area contributed by atoms with Gasteiger partial charge in [0, 0.05) is 31.9 Å². The number of ether oxygens (including phenoxy) is 1. The molecule has 1 atom stereocenters. The maximum atomic E-state index is 12.7. The first-order valence-corrected chi connectivity index (χ1v) is 10.3. The molecule has 1 aliphatic heterocycles. The van der Waals surface area contributed by atoms with Gasteiger partial charge < -0.3 is 9.64 Å². The summed E-state index contributed by atoms with van der Waals surface area (Å²) in [6.45, 7) is 3.55. The molecule has 0 bridgehead atoms. The van der Waals surface area contributed by atoms with Crippen LogP contribution in [0.25, 0.3) is 10.9 Å². The van der Waals surface area contributed by atoms with Crippen LogP contribution in [0.2, 0.25) is 0 Å². The summed E-state index contributed by atoms with van der Waals surface area (Å²) in [5.74, 6) is 0.00519. The van der Waals surface area contributed by atoms with Crippen molar-refractivity contribution in [3.05, 3.63) is 58.9 Å². The summed E-state index contributed by atoms with van der Waals surface area (Å²) in [6, 6.07) is 7.57. The average molecular weight is 407 g/mol. The third kappa shape index (κ3) is 4.48. The summed E-state index contributed by atoms with van der Waals surface area (Å²) in [6.07, 6.45) is 7.76. The Hall–Kier alpha value is -3.29. The molecule has 1 aromatic carbocycles. The molecule has 156 valence electrons. The Morgan fingerprint density at radius 2 is 2.00 bits per heavy atom. The zero-order chi connectivity index (χ0) is 20.9. The molecular weight excluding hydrogens is 382 g/mol. The lowest BCUT2D eigenvalue weighted by Crippen LogP contribution is -2.45. The van der Waals surface area contributed by atoms with E-state index >= 15 is 0 Å². The Bertz CT molecular complexity index is 1080. The highest BCUT2D eigenvalue weighted by atomic mass is 16.5. The number of piperidine rings is 1. The van der Waals surface area contributed by atoms with Crippen molar-refractivity contribution in [2.45, 2.75) is 45.3 Å². The highest BCUT2D eigenvalue weighted by Crippen LogP contribution is 2.16. The van der Waals surface area contributed by atoms with Gasteiger partial charge in [0.25, 0.3) is 5.56 Å². The zero-order valence-corrected chi connectivity index (χ0v) is 17.0. The molecule has 1 saturated heterocycles. The highest BCUT2D eigenvalue weighted by molar-refractivity contribution is 5.77. The van der Waals surface area contributed by atoms with Crippen molar-refractivity contribution >= 4 is 16.8 Å². The quantitative estimate of drug-likeness (QED) is 0.622. The van der Waals surface area contributed by atoms with Crippen LogP contribution in [-0.4, -0.2) is 49.5 Å². The lowest BCUT2D eigenvalue weighted by Gasteiger charge is -2.32. The molecule has 0 saturated carbocycles. The Morgan fingerprint density at radius 1 is 1.20 bits per heavy atom. The van der Waals surface area contributed by atoms with Crippen molar-refractivity contribution in [3.63, 3.8) is 0 Å². The molecule has 3 aromatic rings. The smallest absolute Gasteiger partial charge is 0.316 e. The molecule has 4 rings (SSSR count). The fourth-order valence-electron chi connectivity index (χ4n) is 3.64. The molecule has 1 aliphatic rings. The second-order valence-electron chi connectivity index (χ2n) is 7.46. The number of likely N-dealkylation sites (tertiary alicyclic amines) is 1. The Labute approximate surface area is 174 Å². The SMILES string of the molecule is CCc1cnc(OC2CCCN(C(=O)CCn3cnc4ccccc4c3=O)C2)nc1. The van der Waals surface area contributed by atoms with E-state index < -0.39 is 0 Å². The fourth-order valence-corrected chi connectivity index (χ4v) is 3.64. The summed E-state index contributed by atoms with van der Waals surface area (Å²) in [4.78, 5) is 39.9. The van der Waals surface area contributed by atoms with Gasteiger partial charge in [-0.1, -0.05) is 19.1 Å². The Balaban J connectivity index is 1.35. The predicted molar refractivity (Wildman–Crippen MR) is 112 cm³/mol. The molecule has 0 aliphatic carbocycles. The number of benzene rings is 1. The number of nitrogens with zero attached hydrogens (tertiary/aromatic N) is 5. The molecule has 0 radical (unpaired) electrons. The number of carbonyl (C=O) groups excluding carboxylic acids is 1. The molecular formula is C22H25N5O3. The molecule has 8 heteroatoms. The highest BCUT2D eigenvalue weighted by Gasteiger charge is 2.25. The number of rotatable bonds is 6. The molecule has 30 heavy (non-hydrogen) atoms. The number of aryl methyl sites for hydroxylation is 2. The van der Waals surface area contributed by atoms with Gasteiger partial charge in [-0.25, -0.2) is 15.0 Å². The van der Waals surface area contributed by atoms with E-state index in [9.17, 15) is 9.59 Å². The van der Waals surface area contributed by atoms with Crippen LogP contribution in [0.4, 0.5) is 0 Å². The van der Waals surface area contributed by atoms with Crippen molar-refractivity contribution in [2.75, 3.05) is 13.1 Å². The lowest BCUT2D eigenvalue weighted by atomic mass is 10.1. The van der Waals surface area contributed by atoms with Crippen LogP contribution in [0.1, 0.15) is 31.7 Å². The van der Waals surface area contributed by atoms with Gasteiger partial charge in [-0.3, -0.25) is 14.2 Å². The monoisotopic (exact) mass is 407 g/mol. The van der Waals surface area contributed by atoms with Crippen LogP contribution in [0.3, 0.4) is 0 Å². The molecule has 0 N–H and O–H groups in total. The van der Waals surface area contributed by atoms with Crippen molar-refractivity contribution in [1.29, 1.82) is 0 Å². The van der Waals surface area contributed by atoms with E-state index in [4.69, 9.17) is 4.74 Å². The largest absolute Gasteiger partial charge is 0.458 e. The van der Waals surface area contributed by atoms with Crippen LogP contribution in [0.5, 0.6) is 6.01 Å². The molecule has 1 amide bonds. The van der Waals surface area contributed by atoms with Crippen molar-refractivity contribution < 1.29 is 9.53 Å². The van der Waals surface area contributed by atoms with Gasteiger partial charge in [-0.2, -0.15) is 0 Å². The van der Waals surface area contributed by atoms with E-state index in [1.807, 2.05) is 19.1 Å². The number of aromatic nitrogens is 4. The van der Waals surface area contributed by atoms with E-state index in [1.54, 1.807) is 29.4 Å². The summed E-state index contributed by atoms with van der Waals surface area (Å²) in [5.41, 5.74) is 1.59. The first kappa shape index (κ1) is 20.0. The minimum atomic E-state index is -0.125. The molecule has 8 nitrogen and oxygen atoms in total. The minimum Gasteiger partial charge on any atom is -0.458 e. The lowest BCUT2D eigenvalue weighted by molar-refractivity contribution is -0.134. The second kappa shape index (κ2) is 9.02. The maximum Gasteiger partial charge on any atom is 0.316 e. The molecule has 1 fully saturated rings. The van der Waals surface area contributed by atoms with Gasteiger partial charge in [-0.05, 0) is 37.0 Å². The zero-order valence-electron chi connectivity index (χ0n) is 17.0. The number of amides is 1. The van der Waals surface area contributed by atoms with Gasteiger partial charge in [0.05, 0.1) is 23.8 Å². The maximum absolute atomic E-state index is 12.7. The Kier molecular flexibility index (Phi) is 6.02.